The van der Waals surface area contributed by atoms with Crippen LogP contribution in [0.3, 0.4) is 0 Å². The molecule has 0 aliphatic heterocycles. The van der Waals surface area contributed by atoms with Gasteiger partial charge in [-0.25, -0.2) is 0 Å². The summed E-state index contributed by atoms with van der Waals surface area (Å²) in [5, 5.41) is 0. The van der Waals surface area contributed by atoms with E-state index in [-0.39, 0.29) is 6.61 Å². The van der Waals surface area contributed by atoms with Crippen molar-refractivity contribution in [3.63, 3.8) is 0 Å². The molecule has 0 saturated heterocycles. The summed E-state index contributed by atoms with van der Waals surface area (Å²) in [7, 11) is 0. The predicted octanol–water partition coefficient (Wildman–Crippen LogP) is 3.28. The molecule has 0 saturated carbocycles. The number of esters is 1. The molecule has 0 heterocycles. The molecule has 0 aliphatic rings. The first kappa shape index (κ1) is 13.3. The summed E-state index contributed by atoms with van der Waals surface area (Å²) >= 11 is 0. The Bertz CT molecular complexity index is 418. The fourth-order valence-corrected chi connectivity index (χ4v) is 1.17. The van der Waals surface area contributed by atoms with Crippen LogP contribution in [-0.4, -0.2) is 12.6 Å². The highest BCUT2D eigenvalue weighted by Crippen LogP contribution is 2.29. The lowest BCUT2D eigenvalue weighted by molar-refractivity contribution is -0.139. The Hall–Kier alpha value is -1.78. The van der Waals surface area contributed by atoms with Crippen LogP contribution in [0.25, 0.3) is 5.57 Å². The van der Waals surface area contributed by atoms with Crippen LogP contribution in [0.1, 0.15) is 18.1 Å². The molecular weight excluding hydrogens is 233 g/mol. The van der Waals surface area contributed by atoms with E-state index in [1.54, 1.807) is 0 Å². The maximum Gasteiger partial charge on any atom is 0.416 e. The van der Waals surface area contributed by atoms with E-state index in [1.165, 1.54) is 19.1 Å². The van der Waals surface area contributed by atoms with Crippen molar-refractivity contribution in [1.82, 2.24) is 0 Å². The molecule has 0 spiro atoms. The van der Waals surface area contributed by atoms with Crippen molar-refractivity contribution in [1.29, 1.82) is 0 Å². The smallest absolute Gasteiger partial charge is 0.416 e. The number of halogens is 3. The highest BCUT2D eigenvalue weighted by atomic mass is 19.4. The zero-order valence-electron chi connectivity index (χ0n) is 9.17. The van der Waals surface area contributed by atoms with Crippen LogP contribution in [0.4, 0.5) is 13.2 Å². The summed E-state index contributed by atoms with van der Waals surface area (Å²) in [5.74, 6) is -0.460. The number of carbonyl (C=O) groups excluding carboxylic acids is 1. The van der Waals surface area contributed by atoms with E-state index in [9.17, 15) is 18.0 Å². The molecule has 92 valence electrons. The summed E-state index contributed by atoms with van der Waals surface area (Å²) in [5.41, 5.74) is 0.245. The van der Waals surface area contributed by atoms with Gasteiger partial charge in [-0.1, -0.05) is 18.7 Å². The molecule has 17 heavy (non-hydrogen) atoms. The van der Waals surface area contributed by atoms with Crippen LogP contribution in [0.5, 0.6) is 0 Å². The van der Waals surface area contributed by atoms with Crippen molar-refractivity contribution in [2.24, 2.45) is 0 Å². The van der Waals surface area contributed by atoms with Crippen molar-refractivity contribution in [3.05, 3.63) is 42.0 Å². The molecule has 2 nitrogen and oxygen atoms in total. The molecule has 0 N–H and O–H groups in total. The third-order valence-electron chi connectivity index (χ3n) is 2.07. The first-order valence-electron chi connectivity index (χ1n) is 4.79. The van der Waals surface area contributed by atoms with E-state index in [0.717, 1.165) is 12.1 Å². The Morgan fingerprint density at radius 2 is 1.82 bits per heavy atom. The minimum atomic E-state index is -4.35. The average Bonchev–Trinajstić information content (AvgIpc) is 2.25. The minimum absolute atomic E-state index is 0.0271. The number of carbonyl (C=O) groups is 1. The van der Waals surface area contributed by atoms with E-state index in [2.05, 4.69) is 6.58 Å². The number of benzene rings is 1. The Morgan fingerprint density at radius 1 is 1.29 bits per heavy atom. The van der Waals surface area contributed by atoms with Gasteiger partial charge in [-0.3, -0.25) is 4.79 Å². The van der Waals surface area contributed by atoms with Gasteiger partial charge < -0.3 is 4.74 Å². The van der Waals surface area contributed by atoms with Crippen molar-refractivity contribution in [3.8, 4) is 0 Å². The van der Waals surface area contributed by atoms with Gasteiger partial charge in [0.2, 0.25) is 0 Å². The summed E-state index contributed by atoms with van der Waals surface area (Å²) in [6.07, 6.45) is -4.35. The molecule has 0 bridgehead atoms. The molecule has 0 aliphatic carbocycles. The van der Waals surface area contributed by atoms with Crippen molar-refractivity contribution >= 4 is 11.5 Å². The molecule has 5 heteroatoms. The molecule has 1 aromatic carbocycles. The normalized spacial score (nSPS) is 11.1. The second-order valence-electron chi connectivity index (χ2n) is 3.46. The van der Waals surface area contributed by atoms with Crippen LogP contribution in [-0.2, 0) is 15.7 Å². The third-order valence-corrected chi connectivity index (χ3v) is 2.07. The fraction of sp³-hybridized carbons (Fsp3) is 0.250. The monoisotopic (exact) mass is 244 g/mol. The number of hydrogen-bond donors (Lipinski definition) is 0. The Labute approximate surface area is 96.7 Å². The first-order valence-corrected chi connectivity index (χ1v) is 4.79. The van der Waals surface area contributed by atoms with E-state index in [0.29, 0.717) is 11.1 Å². The van der Waals surface area contributed by atoms with Gasteiger partial charge >= 0.3 is 12.1 Å². The molecule has 0 atom stereocenters. The van der Waals surface area contributed by atoms with Crippen LogP contribution < -0.4 is 0 Å². The van der Waals surface area contributed by atoms with Gasteiger partial charge in [0.05, 0.1) is 5.56 Å². The zero-order chi connectivity index (χ0) is 13.1. The van der Waals surface area contributed by atoms with Gasteiger partial charge in [-0.2, -0.15) is 13.2 Å². The Morgan fingerprint density at radius 3 is 2.24 bits per heavy atom. The minimum Gasteiger partial charge on any atom is -0.461 e. The molecule has 0 amide bonds. The quantitative estimate of drug-likeness (QED) is 0.763. The average molecular weight is 244 g/mol. The van der Waals surface area contributed by atoms with Crippen LogP contribution in [0, 0.1) is 0 Å². The van der Waals surface area contributed by atoms with Gasteiger partial charge in [-0.05, 0) is 23.3 Å². The molecular formula is C12H11F3O2. The van der Waals surface area contributed by atoms with Gasteiger partial charge in [0.1, 0.15) is 6.61 Å². The topological polar surface area (TPSA) is 26.3 Å². The highest BCUT2D eigenvalue weighted by molar-refractivity contribution is 5.70. The zero-order valence-corrected chi connectivity index (χ0v) is 9.17. The number of rotatable bonds is 3. The maximum atomic E-state index is 12.3. The van der Waals surface area contributed by atoms with Crippen LogP contribution >= 0.6 is 0 Å². The lowest BCUT2D eigenvalue weighted by Crippen LogP contribution is -2.05. The summed E-state index contributed by atoms with van der Waals surface area (Å²) in [6, 6.07) is 4.53. The van der Waals surface area contributed by atoms with Gasteiger partial charge in [0.25, 0.3) is 0 Å². The standard InChI is InChI=1S/C12H11F3O2/c1-8(7-17-9(2)16)10-3-5-11(6-4-10)12(13,14)15/h3-6H,1,7H2,2H3. The van der Waals surface area contributed by atoms with E-state index < -0.39 is 17.7 Å². The Balaban J connectivity index is 2.74. The number of hydrogen-bond acceptors (Lipinski definition) is 2. The second-order valence-corrected chi connectivity index (χ2v) is 3.46. The second kappa shape index (κ2) is 5.03. The maximum absolute atomic E-state index is 12.3. The SMILES string of the molecule is C=C(COC(C)=O)c1ccc(C(F)(F)F)cc1. The van der Waals surface area contributed by atoms with Crippen LogP contribution in [0.2, 0.25) is 0 Å². The van der Waals surface area contributed by atoms with E-state index >= 15 is 0 Å². The van der Waals surface area contributed by atoms with E-state index in [4.69, 9.17) is 4.74 Å². The first-order chi connectivity index (χ1) is 7.80. The molecule has 0 unspecified atom stereocenters. The molecule has 0 aromatic heterocycles. The predicted molar refractivity (Wildman–Crippen MR) is 57.1 cm³/mol. The van der Waals surface area contributed by atoms with Gasteiger partial charge in [0.15, 0.2) is 0 Å². The van der Waals surface area contributed by atoms with Gasteiger partial charge in [-0.15, -0.1) is 0 Å². The summed E-state index contributed by atoms with van der Waals surface area (Å²) < 4.78 is 41.5. The van der Waals surface area contributed by atoms with Crippen molar-refractivity contribution in [2.45, 2.75) is 13.1 Å². The van der Waals surface area contributed by atoms with Crippen molar-refractivity contribution < 1.29 is 22.7 Å². The number of ether oxygens (including phenoxy) is 1. The summed E-state index contributed by atoms with van der Waals surface area (Å²) in [4.78, 5) is 10.6. The molecule has 1 rings (SSSR count). The number of alkyl halides is 3. The highest BCUT2D eigenvalue weighted by Gasteiger charge is 2.29. The Kier molecular flexibility index (Phi) is 3.93. The van der Waals surface area contributed by atoms with E-state index in [1.807, 2.05) is 0 Å². The lowest BCUT2D eigenvalue weighted by atomic mass is 10.1. The molecule has 1 aromatic rings. The largest absolute Gasteiger partial charge is 0.461 e. The lowest BCUT2D eigenvalue weighted by Gasteiger charge is -2.09. The van der Waals surface area contributed by atoms with Crippen molar-refractivity contribution in [2.75, 3.05) is 6.61 Å². The third kappa shape index (κ3) is 3.94. The fourth-order valence-electron chi connectivity index (χ4n) is 1.17. The van der Waals surface area contributed by atoms with Gasteiger partial charge in [0, 0.05) is 6.92 Å². The molecule has 0 radical (unpaired) electrons. The molecule has 0 fully saturated rings. The van der Waals surface area contributed by atoms with Crippen LogP contribution in [0.15, 0.2) is 30.8 Å². The summed E-state index contributed by atoms with van der Waals surface area (Å²) in [6.45, 7) is 4.85.